The first kappa shape index (κ1) is 16.6. The smallest absolute Gasteiger partial charge is 0.0982 e. The number of hydrogen-bond donors (Lipinski definition) is 2. The van der Waals surface area contributed by atoms with Crippen LogP contribution in [0.4, 0.5) is 0 Å². The molecule has 2 unspecified atom stereocenters. The lowest BCUT2D eigenvalue weighted by Gasteiger charge is -2.17. The van der Waals surface area contributed by atoms with E-state index in [9.17, 15) is 5.11 Å². The van der Waals surface area contributed by atoms with E-state index in [0.717, 1.165) is 23.5 Å². The average Bonchev–Trinajstić information content (AvgIpc) is 3.07. The molecule has 0 spiro atoms. The first-order valence-electron chi connectivity index (χ1n) is 7.26. The van der Waals surface area contributed by atoms with Crippen molar-refractivity contribution in [2.45, 2.75) is 58.2 Å². The second-order valence-corrected chi connectivity index (χ2v) is 8.28. The molecule has 0 aromatic carbocycles. The van der Waals surface area contributed by atoms with E-state index in [1.54, 1.807) is 22.7 Å². The number of nitrogens with zero attached hydrogens (tertiary/aromatic N) is 1. The second kappa shape index (κ2) is 7.01. The number of thiazole rings is 1. The van der Waals surface area contributed by atoms with Gasteiger partial charge < -0.3 is 10.4 Å². The van der Waals surface area contributed by atoms with Crippen molar-refractivity contribution >= 4 is 22.7 Å². The quantitative estimate of drug-likeness (QED) is 0.841. The fourth-order valence-corrected chi connectivity index (χ4v) is 3.66. The van der Waals surface area contributed by atoms with E-state index in [0.29, 0.717) is 0 Å². The molecule has 0 radical (unpaired) electrons. The van der Waals surface area contributed by atoms with Gasteiger partial charge in [-0.3, -0.25) is 0 Å². The van der Waals surface area contributed by atoms with Crippen LogP contribution < -0.4 is 5.32 Å². The predicted octanol–water partition coefficient (Wildman–Crippen LogP) is 4.10. The molecular formula is C16H24N2OS2. The highest BCUT2D eigenvalue weighted by molar-refractivity contribution is 7.10. The number of thiophene rings is 1. The normalized spacial score (nSPS) is 15.1. The lowest BCUT2D eigenvalue weighted by Crippen LogP contribution is -2.27. The standard InChI is InChI=1S/C16H24N2OS2/c1-11(8-13(19)14-6-5-7-20-14)17-9-12-10-21-15(18-12)16(2,3)4/h5-7,10-11,13,17,19H,8-9H2,1-4H3. The van der Waals surface area contributed by atoms with Crippen molar-refractivity contribution in [1.29, 1.82) is 0 Å². The summed E-state index contributed by atoms with van der Waals surface area (Å²) >= 11 is 3.33. The topological polar surface area (TPSA) is 45.1 Å². The molecule has 2 atom stereocenters. The Labute approximate surface area is 135 Å². The van der Waals surface area contributed by atoms with Gasteiger partial charge in [-0.15, -0.1) is 22.7 Å². The van der Waals surface area contributed by atoms with E-state index < -0.39 is 0 Å². The van der Waals surface area contributed by atoms with Crippen LogP contribution in [0.5, 0.6) is 0 Å². The van der Waals surface area contributed by atoms with Gasteiger partial charge in [0.2, 0.25) is 0 Å². The van der Waals surface area contributed by atoms with Crippen LogP contribution in [-0.2, 0) is 12.0 Å². The predicted molar refractivity (Wildman–Crippen MR) is 91.0 cm³/mol. The molecule has 0 amide bonds. The van der Waals surface area contributed by atoms with E-state index in [-0.39, 0.29) is 17.6 Å². The zero-order valence-electron chi connectivity index (χ0n) is 13.1. The first-order valence-corrected chi connectivity index (χ1v) is 9.02. The van der Waals surface area contributed by atoms with Gasteiger partial charge in [-0.05, 0) is 24.8 Å². The SMILES string of the molecule is CC(CC(O)c1cccs1)NCc1csc(C(C)(C)C)n1. The number of aromatic nitrogens is 1. The molecule has 0 bridgehead atoms. The summed E-state index contributed by atoms with van der Waals surface area (Å²) in [4.78, 5) is 5.71. The Morgan fingerprint density at radius 2 is 2.10 bits per heavy atom. The van der Waals surface area contributed by atoms with Crippen molar-refractivity contribution in [2.75, 3.05) is 0 Å². The Morgan fingerprint density at radius 1 is 1.33 bits per heavy atom. The van der Waals surface area contributed by atoms with E-state index >= 15 is 0 Å². The van der Waals surface area contributed by atoms with Crippen LogP contribution in [0, 0.1) is 0 Å². The highest BCUT2D eigenvalue weighted by Crippen LogP contribution is 2.26. The van der Waals surface area contributed by atoms with Gasteiger partial charge in [0.15, 0.2) is 0 Å². The van der Waals surface area contributed by atoms with Crippen molar-refractivity contribution in [1.82, 2.24) is 10.3 Å². The minimum absolute atomic E-state index is 0.115. The molecule has 2 aromatic heterocycles. The molecule has 2 rings (SSSR count). The molecule has 0 aliphatic heterocycles. The van der Waals surface area contributed by atoms with Gasteiger partial charge >= 0.3 is 0 Å². The van der Waals surface area contributed by atoms with Crippen LogP contribution in [0.15, 0.2) is 22.9 Å². The molecule has 2 heterocycles. The molecule has 3 nitrogen and oxygen atoms in total. The number of nitrogens with one attached hydrogen (secondary N) is 1. The maximum Gasteiger partial charge on any atom is 0.0982 e. The molecular weight excluding hydrogens is 300 g/mol. The Hall–Kier alpha value is -0.750. The summed E-state index contributed by atoms with van der Waals surface area (Å²) in [6.45, 7) is 9.41. The fraction of sp³-hybridized carbons (Fsp3) is 0.562. The molecule has 0 aliphatic carbocycles. The Bertz CT molecular complexity index is 543. The van der Waals surface area contributed by atoms with Crippen LogP contribution in [0.2, 0.25) is 0 Å². The zero-order valence-corrected chi connectivity index (χ0v) is 14.7. The summed E-state index contributed by atoms with van der Waals surface area (Å²) in [5.41, 5.74) is 1.20. The number of aliphatic hydroxyl groups excluding tert-OH is 1. The van der Waals surface area contributed by atoms with Gasteiger partial charge in [0.1, 0.15) is 0 Å². The van der Waals surface area contributed by atoms with Crippen molar-refractivity contribution in [3.05, 3.63) is 38.5 Å². The molecule has 21 heavy (non-hydrogen) atoms. The monoisotopic (exact) mass is 324 g/mol. The summed E-state index contributed by atoms with van der Waals surface area (Å²) in [5, 5.41) is 18.9. The van der Waals surface area contributed by atoms with Gasteiger partial charge in [0, 0.05) is 28.3 Å². The van der Waals surface area contributed by atoms with E-state index in [4.69, 9.17) is 0 Å². The van der Waals surface area contributed by atoms with E-state index in [1.165, 1.54) is 5.01 Å². The molecule has 2 N–H and O–H groups in total. The molecule has 5 heteroatoms. The molecule has 0 fully saturated rings. The van der Waals surface area contributed by atoms with Gasteiger partial charge in [-0.25, -0.2) is 4.98 Å². The molecule has 0 saturated carbocycles. The zero-order chi connectivity index (χ0) is 15.5. The minimum atomic E-state index is -0.381. The maximum absolute atomic E-state index is 10.1. The van der Waals surface area contributed by atoms with Crippen molar-refractivity contribution < 1.29 is 5.11 Å². The van der Waals surface area contributed by atoms with Crippen LogP contribution in [-0.4, -0.2) is 16.1 Å². The fourth-order valence-electron chi connectivity index (χ4n) is 2.03. The molecule has 0 aliphatic rings. The van der Waals surface area contributed by atoms with Crippen LogP contribution in [0.3, 0.4) is 0 Å². The maximum atomic E-state index is 10.1. The summed E-state index contributed by atoms with van der Waals surface area (Å²) in [7, 11) is 0. The van der Waals surface area contributed by atoms with E-state index in [2.05, 4.69) is 43.4 Å². The molecule has 0 saturated heterocycles. The van der Waals surface area contributed by atoms with Gasteiger partial charge in [0.05, 0.1) is 16.8 Å². The molecule has 116 valence electrons. The van der Waals surface area contributed by atoms with Crippen molar-refractivity contribution in [3.63, 3.8) is 0 Å². The summed E-state index contributed by atoms with van der Waals surface area (Å²) in [6.07, 6.45) is 0.338. The minimum Gasteiger partial charge on any atom is -0.388 e. The average molecular weight is 325 g/mol. The highest BCUT2D eigenvalue weighted by atomic mass is 32.1. The van der Waals surface area contributed by atoms with Crippen LogP contribution in [0.25, 0.3) is 0 Å². The van der Waals surface area contributed by atoms with Crippen LogP contribution >= 0.6 is 22.7 Å². The highest BCUT2D eigenvalue weighted by Gasteiger charge is 2.18. The summed E-state index contributed by atoms with van der Waals surface area (Å²) in [6, 6.07) is 4.21. The van der Waals surface area contributed by atoms with Gasteiger partial charge in [-0.2, -0.15) is 0 Å². The Kier molecular flexibility index (Phi) is 5.54. The summed E-state index contributed by atoms with van der Waals surface area (Å²) in [5.74, 6) is 0. The number of aliphatic hydroxyl groups is 1. The third kappa shape index (κ3) is 4.88. The third-order valence-corrected chi connectivity index (χ3v) is 5.56. The van der Waals surface area contributed by atoms with Crippen molar-refractivity contribution in [3.8, 4) is 0 Å². The first-order chi connectivity index (χ1) is 9.86. The third-order valence-electron chi connectivity index (χ3n) is 3.27. The lowest BCUT2D eigenvalue weighted by molar-refractivity contribution is 0.157. The largest absolute Gasteiger partial charge is 0.388 e. The van der Waals surface area contributed by atoms with Crippen LogP contribution in [0.1, 0.15) is 55.8 Å². The van der Waals surface area contributed by atoms with Gasteiger partial charge in [0.25, 0.3) is 0 Å². The lowest BCUT2D eigenvalue weighted by atomic mass is 9.98. The van der Waals surface area contributed by atoms with Gasteiger partial charge in [-0.1, -0.05) is 26.8 Å². The Balaban J connectivity index is 1.81. The van der Waals surface area contributed by atoms with E-state index in [1.807, 2.05) is 17.5 Å². The van der Waals surface area contributed by atoms with Crippen molar-refractivity contribution in [2.24, 2.45) is 0 Å². The Morgan fingerprint density at radius 3 is 2.67 bits per heavy atom. The second-order valence-electron chi connectivity index (χ2n) is 6.44. The molecule has 2 aromatic rings. The summed E-state index contributed by atoms with van der Waals surface area (Å²) < 4.78 is 0. The number of rotatable bonds is 6. The number of hydrogen-bond acceptors (Lipinski definition) is 5.